The average molecular weight is 416 g/mol. The Balaban J connectivity index is 2.47. The first kappa shape index (κ1) is 22.8. The van der Waals surface area contributed by atoms with Gasteiger partial charge in [-0.1, -0.05) is 6.07 Å². The van der Waals surface area contributed by atoms with Crippen molar-refractivity contribution in [3.8, 4) is 11.5 Å². The molecule has 0 radical (unpaired) electrons. The lowest BCUT2D eigenvalue weighted by Crippen LogP contribution is -2.44. The number of rotatable bonds is 8. The highest BCUT2D eigenvalue weighted by molar-refractivity contribution is 6.04. The Kier molecular flexibility index (Phi) is 7.46. The van der Waals surface area contributed by atoms with Crippen molar-refractivity contribution in [2.45, 2.75) is 26.9 Å². The van der Waals surface area contributed by atoms with Crippen LogP contribution in [-0.2, 0) is 17.9 Å². The summed E-state index contributed by atoms with van der Waals surface area (Å²) >= 11 is 0. The fraction of sp³-hybridized carbons (Fsp3) is 0.381. The van der Waals surface area contributed by atoms with Gasteiger partial charge in [-0.3, -0.25) is 18.7 Å². The van der Waals surface area contributed by atoms with Crippen LogP contribution in [0.25, 0.3) is 6.08 Å². The lowest BCUT2D eigenvalue weighted by Gasteiger charge is -2.22. The number of carbonyl (C=O) groups is 1. The van der Waals surface area contributed by atoms with Gasteiger partial charge in [0.1, 0.15) is 5.82 Å². The first-order chi connectivity index (χ1) is 14.3. The van der Waals surface area contributed by atoms with Crippen molar-refractivity contribution < 1.29 is 14.3 Å². The van der Waals surface area contributed by atoms with Crippen LogP contribution in [0.5, 0.6) is 11.5 Å². The summed E-state index contributed by atoms with van der Waals surface area (Å²) in [6.45, 7) is 4.07. The van der Waals surface area contributed by atoms with Gasteiger partial charge in [-0.2, -0.15) is 0 Å². The maximum Gasteiger partial charge on any atom is 0.332 e. The topological polar surface area (TPSA) is 94.8 Å². The fourth-order valence-electron chi connectivity index (χ4n) is 3.16. The molecule has 1 aromatic heterocycles. The number of benzene rings is 1. The minimum atomic E-state index is -0.521. The molecule has 0 aliphatic carbocycles. The molecular formula is C21H28N4O5. The SMILES string of the molecule is CCn1c(NC)c(N(C)C(=O)/C=C/c2ccc(OC)c(OC)c2)c(=O)n(CC)c1=O. The van der Waals surface area contributed by atoms with Crippen LogP contribution >= 0.6 is 0 Å². The number of nitrogens with zero attached hydrogens (tertiary/aromatic N) is 3. The Labute approximate surface area is 175 Å². The van der Waals surface area contributed by atoms with Crippen molar-refractivity contribution in [1.82, 2.24) is 9.13 Å². The summed E-state index contributed by atoms with van der Waals surface area (Å²) in [6, 6.07) is 5.26. The van der Waals surface area contributed by atoms with E-state index in [9.17, 15) is 14.4 Å². The minimum absolute atomic E-state index is 0.114. The smallest absolute Gasteiger partial charge is 0.332 e. The van der Waals surface area contributed by atoms with E-state index in [-0.39, 0.29) is 12.2 Å². The Bertz CT molecular complexity index is 1070. The van der Waals surface area contributed by atoms with E-state index < -0.39 is 17.2 Å². The third-order valence-electron chi connectivity index (χ3n) is 4.76. The third-order valence-corrected chi connectivity index (χ3v) is 4.76. The molecule has 1 N–H and O–H groups in total. The number of hydrogen-bond acceptors (Lipinski definition) is 6. The number of methoxy groups -OCH3 is 2. The zero-order chi connectivity index (χ0) is 22.4. The maximum absolute atomic E-state index is 12.9. The van der Waals surface area contributed by atoms with E-state index in [2.05, 4.69) is 5.32 Å². The molecule has 2 aromatic rings. The fourth-order valence-corrected chi connectivity index (χ4v) is 3.16. The molecule has 0 bridgehead atoms. The molecule has 162 valence electrons. The van der Waals surface area contributed by atoms with Crippen LogP contribution in [0.4, 0.5) is 11.5 Å². The lowest BCUT2D eigenvalue weighted by atomic mass is 10.2. The summed E-state index contributed by atoms with van der Waals surface area (Å²) in [4.78, 5) is 39.5. The lowest BCUT2D eigenvalue weighted by molar-refractivity contribution is -0.113. The Hall–Kier alpha value is -3.49. The van der Waals surface area contributed by atoms with Gasteiger partial charge in [-0.05, 0) is 37.6 Å². The Morgan fingerprint density at radius 1 is 1.10 bits per heavy atom. The van der Waals surface area contributed by atoms with Gasteiger partial charge in [0.05, 0.1) is 14.2 Å². The molecule has 0 atom stereocenters. The summed E-state index contributed by atoms with van der Waals surface area (Å²) in [5.41, 5.74) is -0.0952. The molecule has 0 unspecified atom stereocenters. The summed E-state index contributed by atoms with van der Waals surface area (Å²) in [6.07, 6.45) is 2.98. The summed E-state index contributed by atoms with van der Waals surface area (Å²) in [7, 11) is 6.19. The highest BCUT2D eigenvalue weighted by Gasteiger charge is 2.22. The second-order valence-electron chi connectivity index (χ2n) is 6.37. The summed E-state index contributed by atoms with van der Waals surface area (Å²) in [5, 5.41) is 2.89. The van der Waals surface area contributed by atoms with Crippen molar-refractivity contribution in [2.24, 2.45) is 0 Å². The average Bonchev–Trinajstić information content (AvgIpc) is 2.76. The number of nitrogens with one attached hydrogen (secondary N) is 1. The van der Waals surface area contributed by atoms with Crippen molar-refractivity contribution in [2.75, 3.05) is 38.5 Å². The number of aromatic nitrogens is 2. The molecule has 0 saturated heterocycles. The molecule has 1 heterocycles. The number of hydrogen-bond donors (Lipinski definition) is 1. The van der Waals surface area contributed by atoms with E-state index in [4.69, 9.17) is 9.47 Å². The largest absolute Gasteiger partial charge is 0.493 e. The van der Waals surface area contributed by atoms with Crippen LogP contribution in [0.1, 0.15) is 19.4 Å². The van der Waals surface area contributed by atoms with Crippen LogP contribution in [0.2, 0.25) is 0 Å². The van der Waals surface area contributed by atoms with Gasteiger partial charge in [0.15, 0.2) is 17.2 Å². The van der Waals surface area contributed by atoms with Crippen LogP contribution in [0, 0.1) is 0 Å². The molecule has 0 fully saturated rings. The van der Waals surface area contributed by atoms with Crippen LogP contribution in [0.3, 0.4) is 0 Å². The second kappa shape index (κ2) is 9.82. The highest BCUT2D eigenvalue weighted by Crippen LogP contribution is 2.28. The third kappa shape index (κ3) is 4.24. The molecule has 9 nitrogen and oxygen atoms in total. The van der Waals surface area contributed by atoms with Gasteiger partial charge in [-0.25, -0.2) is 4.79 Å². The quantitative estimate of drug-likeness (QED) is 0.660. The molecule has 0 saturated carbocycles. The van der Waals surface area contributed by atoms with Crippen LogP contribution < -0.4 is 30.9 Å². The first-order valence-corrected chi connectivity index (χ1v) is 9.57. The minimum Gasteiger partial charge on any atom is -0.493 e. The zero-order valence-corrected chi connectivity index (χ0v) is 18.2. The number of carbonyl (C=O) groups excluding carboxylic acids is 1. The molecule has 0 aliphatic heterocycles. The van der Waals surface area contributed by atoms with Crippen LogP contribution in [-0.4, -0.2) is 43.4 Å². The van der Waals surface area contributed by atoms with Gasteiger partial charge in [0.2, 0.25) is 0 Å². The van der Waals surface area contributed by atoms with Gasteiger partial charge >= 0.3 is 5.69 Å². The predicted molar refractivity (Wildman–Crippen MR) is 118 cm³/mol. The maximum atomic E-state index is 12.9. The molecule has 1 aromatic carbocycles. The van der Waals surface area contributed by atoms with E-state index in [1.165, 1.54) is 29.7 Å². The molecular weight excluding hydrogens is 388 g/mol. The zero-order valence-electron chi connectivity index (χ0n) is 18.2. The molecule has 0 aliphatic rings. The van der Waals surface area contributed by atoms with Crippen molar-refractivity contribution in [3.05, 3.63) is 50.7 Å². The molecule has 2 rings (SSSR count). The van der Waals surface area contributed by atoms with Crippen molar-refractivity contribution >= 4 is 23.5 Å². The van der Waals surface area contributed by atoms with E-state index in [0.717, 1.165) is 10.1 Å². The number of anilines is 2. The Morgan fingerprint density at radius 3 is 2.27 bits per heavy atom. The molecule has 9 heteroatoms. The summed E-state index contributed by atoms with van der Waals surface area (Å²) < 4.78 is 13.0. The van der Waals surface area contributed by atoms with Gasteiger partial charge in [0, 0.05) is 33.3 Å². The molecule has 0 spiro atoms. The van der Waals surface area contributed by atoms with E-state index in [1.807, 2.05) is 0 Å². The standard InChI is InChI=1S/C21H28N4O5/c1-7-24-19(22-3)18(20(27)25(8-2)21(24)28)23(4)17(26)12-10-14-9-11-15(29-5)16(13-14)30-6/h9-13,22H,7-8H2,1-6H3/b12-10+. The molecule has 30 heavy (non-hydrogen) atoms. The van der Waals surface area contributed by atoms with E-state index in [1.54, 1.807) is 52.3 Å². The van der Waals surface area contributed by atoms with Crippen LogP contribution in [0.15, 0.2) is 33.9 Å². The van der Waals surface area contributed by atoms with E-state index >= 15 is 0 Å². The van der Waals surface area contributed by atoms with Gasteiger partial charge in [-0.15, -0.1) is 0 Å². The highest BCUT2D eigenvalue weighted by atomic mass is 16.5. The first-order valence-electron chi connectivity index (χ1n) is 9.57. The monoisotopic (exact) mass is 416 g/mol. The molecule has 1 amide bonds. The predicted octanol–water partition coefficient (Wildman–Crippen LogP) is 1.78. The number of amides is 1. The van der Waals surface area contributed by atoms with E-state index in [0.29, 0.717) is 23.9 Å². The van der Waals surface area contributed by atoms with Gasteiger partial charge in [0.25, 0.3) is 11.5 Å². The second-order valence-corrected chi connectivity index (χ2v) is 6.37. The summed E-state index contributed by atoms with van der Waals surface area (Å²) in [5.74, 6) is 1.01. The Morgan fingerprint density at radius 2 is 1.73 bits per heavy atom. The van der Waals surface area contributed by atoms with Crippen molar-refractivity contribution in [3.63, 3.8) is 0 Å². The number of ether oxygens (including phenoxy) is 2. The van der Waals surface area contributed by atoms with Gasteiger partial charge < -0.3 is 19.7 Å². The normalized spacial score (nSPS) is 10.9. The number of likely N-dealkylation sites (N-methyl/N-ethyl adjacent to an activating group) is 1. The van der Waals surface area contributed by atoms with Crippen molar-refractivity contribution in [1.29, 1.82) is 0 Å².